The number of hydrogen-bond donors (Lipinski definition) is 2. The molecule has 11 heavy (non-hydrogen) atoms. The zero-order valence-electron chi connectivity index (χ0n) is 6.84. The molecule has 0 aromatic rings. The number of nitrogens with one attached hydrogen (secondary N) is 2. The molecule has 64 valence electrons. The largest absolute Gasteiger partial charge is 0.316 e. The van der Waals surface area contributed by atoms with Crippen molar-refractivity contribution in [2.24, 2.45) is 11.8 Å². The van der Waals surface area contributed by atoms with Crippen LogP contribution in [0, 0.1) is 11.8 Å². The predicted octanol–water partition coefficient (Wildman–Crippen LogP) is 0.754. The average Bonchev–Trinajstić information content (AvgIpc) is 2.50. The first-order valence-electron chi connectivity index (χ1n) is 4.57. The van der Waals surface area contributed by atoms with Crippen molar-refractivity contribution in [3.8, 4) is 0 Å². The lowest BCUT2D eigenvalue weighted by atomic mass is 9.79. The van der Waals surface area contributed by atoms with Crippen LogP contribution in [0.25, 0.3) is 0 Å². The van der Waals surface area contributed by atoms with Gasteiger partial charge in [-0.2, -0.15) is 0 Å². The molecule has 1 heterocycles. The molecular formula is C8H17N2P. The van der Waals surface area contributed by atoms with E-state index in [1.54, 1.807) is 0 Å². The Hall–Kier alpha value is 0.350. The molecular weight excluding hydrogens is 155 g/mol. The van der Waals surface area contributed by atoms with Gasteiger partial charge in [0.1, 0.15) is 0 Å². The van der Waals surface area contributed by atoms with Gasteiger partial charge < -0.3 is 5.32 Å². The van der Waals surface area contributed by atoms with Gasteiger partial charge in [-0.1, -0.05) is 9.39 Å². The maximum atomic E-state index is 3.47. The molecule has 1 saturated carbocycles. The first kappa shape index (κ1) is 7.97. The third kappa shape index (κ3) is 1.58. The van der Waals surface area contributed by atoms with Crippen LogP contribution in [-0.2, 0) is 0 Å². The SMILES string of the molecule is PNC1CCC2CNCC2C1. The van der Waals surface area contributed by atoms with Crippen molar-refractivity contribution in [3.63, 3.8) is 0 Å². The second kappa shape index (κ2) is 3.38. The molecule has 0 aromatic carbocycles. The van der Waals surface area contributed by atoms with Crippen LogP contribution in [0.3, 0.4) is 0 Å². The summed E-state index contributed by atoms with van der Waals surface area (Å²) in [6.45, 7) is 2.53. The van der Waals surface area contributed by atoms with E-state index < -0.39 is 0 Å². The summed E-state index contributed by atoms with van der Waals surface area (Å²) in [7, 11) is 2.64. The van der Waals surface area contributed by atoms with Crippen molar-refractivity contribution in [3.05, 3.63) is 0 Å². The zero-order valence-corrected chi connectivity index (χ0v) is 8.00. The van der Waals surface area contributed by atoms with Gasteiger partial charge in [-0.3, -0.25) is 5.09 Å². The van der Waals surface area contributed by atoms with Crippen molar-refractivity contribution >= 4 is 9.39 Å². The summed E-state index contributed by atoms with van der Waals surface area (Å²) >= 11 is 0. The Labute approximate surface area is 70.8 Å². The molecule has 3 heteroatoms. The summed E-state index contributed by atoms with van der Waals surface area (Å²) in [4.78, 5) is 0. The van der Waals surface area contributed by atoms with Crippen LogP contribution < -0.4 is 10.4 Å². The highest BCUT2D eigenvalue weighted by molar-refractivity contribution is 7.13. The molecule has 0 spiro atoms. The van der Waals surface area contributed by atoms with Gasteiger partial charge >= 0.3 is 0 Å². The normalized spacial score (nSPS) is 43.9. The van der Waals surface area contributed by atoms with Crippen molar-refractivity contribution < 1.29 is 0 Å². The molecule has 1 aliphatic heterocycles. The third-order valence-corrected chi connectivity index (χ3v) is 3.66. The van der Waals surface area contributed by atoms with Crippen molar-refractivity contribution in [2.45, 2.75) is 25.3 Å². The summed E-state index contributed by atoms with van der Waals surface area (Å²) in [5.41, 5.74) is 0. The van der Waals surface area contributed by atoms with Crippen molar-refractivity contribution in [1.29, 1.82) is 0 Å². The number of fused-ring (bicyclic) bond motifs is 1. The Balaban J connectivity index is 1.91. The molecule has 0 bridgehead atoms. The summed E-state index contributed by atoms with van der Waals surface area (Å²) in [5, 5.41) is 6.78. The lowest BCUT2D eigenvalue weighted by Crippen LogP contribution is -2.32. The summed E-state index contributed by atoms with van der Waals surface area (Å²) in [6, 6.07) is 0.765. The first-order valence-corrected chi connectivity index (χ1v) is 5.14. The van der Waals surface area contributed by atoms with Gasteiger partial charge in [0.25, 0.3) is 0 Å². The van der Waals surface area contributed by atoms with Crippen molar-refractivity contribution in [2.75, 3.05) is 13.1 Å². The van der Waals surface area contributed by atoms with Crippen LogP contribution in [0.2, 0.25) is 0 Å². The molecule has 2 rings (SSSR count). The lowest BCUT2D eigenvalue weighted by molar-refractivity contribution is 0.263. The fourth-order valence-corrected chi connectivity index (χ4v) is 2.75. The van der Waals surface area contributed by atoms with Crippen LogP contribution in [-0.4, -0.2) is 19.1 Å². The fourth-order valence-electron chi connectivity index (χ4n) is 2.45. The van der Waals surface area contributed by atoms with E-state index in [4.69, 9.17) is 0 Å². The van der Waals surface area contributed by atoms with E-state index in [-0.39, 0.29) is 0 Å². The van der Waals surface area contributed by atoms with Crippen LogP contribution in [0.4, 0.5) is 0 Å². The zero-order chi connectivity index (χ0) is 7.68. The smallest absolute Gasteiger partial charge is 0.0102 e. The van der Waals surface area contributed by atoms with Gasteiger partial charge in [-0.05, 0) is 44.2 Å². The Kier molecular flexibility index (Phi) is 2.45. The van der Waals surface area contributed by atoms with Crippen LogP contribution in [0.5, 0.6) is 0 Å². The highest BCUT2D eigenvalue weighted by Crippen LogP contribution is 2.32. The van der Waals surface area contributed by atoms with E-state index in [1.165, 1.54) is 32.4 Å². The molecule has 2 nitrogen and oxygen atoms in total. The van der Waals surface area contributed by atoms with E-state index in [9.17, 15) is 0 Å². The number of rotatable bonds is 1. The predicted molar refractivity (Wildman–Crippen MR) is 50.3 cm³/mol. The minimum atomic E-state index is 0.765. The second-order valence-corrected chi connectivity index (χ2v) is 4.19. The number of hydrogen-bond acceptors (Lipinski definition) is 2. The Morgan fingerprint density at radius 1 is 1.18 bits per heavy atom. The summed E-state index contributed by atoms with van der Waals surface area (Å²) in [5.74, 6) is 1.95. The molecule has 0 aromatic heterocycles. The summed E-state index contributed by atoms with van der Waals surface area (Å²) < 4.78 is 0. The standard InChI is InChI=1S/C8H17N2P/c11-10-8-2-1-6-4-9-5-7(6)3-8/h6-10H,1-5,11H2. The lowest BCUT2D eigenvalue weighted by Gasteiger charge is -2.30. The van der Waals surface area contributed by atoms with Crippen LogP contribution in [0.1, 0.15) is 19.3 Å². The monoisotopic (exact) mass is 172 g/mol. The average molecular weight is 172 g/mol. The van der Waals surface area contributed by atoms with Gasteiger partial charge in [-0.25, -0.2) is 0 Å². The molecule has 0 amide bonds. The van der Waals surface area contributed by atoms with Gasteiger partial charge in [-0.15, -0.1) is 0 Å². The fraction of sp³-hybridized carbons (Fsp3) is 1.00. The van der Waals surface area contributed by atoms with Gasteiger partial charge in [0.05, 0.1) is 0 Å². The van der Waals surface area contributed by atoms with E-state index in [0.29, 0.717) is 0 Å². The molecule has 2 N–H and O–H groups in total. The quantitative estimate of drug-likeness (QED) is 0.570. The minimum absolute atomic E-state index is 0.765. The maximum absolute atomic E-state index is 3.47. The third-order valence-electron chi connectivity index (χ3n) is 3.19. The second-order valence-electron chi connectivity index (χ2n) is 3.86. The van der Waals surface area contributed by atoms with E-state index >= 15 is 0 Å². The highest BCUT2D eigenvalue weighted by atomic mass is 31.0. The highest BCUT2D eigenvalue weighted by Gasteiger charge is 2.32. The van der Waals surface area contributed by atoms with E-state index in [2.05, 4.69) is 19.8 Å². The molecule has 1 aliphatic carbocycles. The Morgan fingerprint density at radius 3 is 2.82 bits per heavy atom. The van der Waals surface area contributed by atoms with E-state index in [1.807, 2.05) is 0 Å². The molecule has 1 saturated heterocycles. The topological polar surface area (TPSA) is 24.1 Å². The van der Waals surface area contributed by atoms with E-state index in [0.717, 1.165) is 17.9 Å². The molecule has 4 atom stereocenters. The van der Waals surface area contributed by atoms with Crippen LogP contribution >= 0.6 is 9.39 Å². The van der Waals surface area contributed by atoms with Crippen LogP contribution in [0.15, 0.2) is 0 Å². The Bertz CT molecular complexity index is 140. The summed E-state index contributed by atoms with van der Waals surface area (Å²) in [6.07, 6.45) is 4.16. The van der Waals surface area contributed by atoms with Gasteiger partial charge in [0.2, 0.25) is 0 Å². The maximum Gasteiger partial charge on any atom is 0.0102 e. The minimum Gasteiger partial charge on any atom is -0.316 e. The molecule has 0 radical (unpaired) electrons. The van der Waals surface area contributed by atoms with Crippen molar-refractivity contribution in [1.82, 2.24) is 10.4 Å². The molecule has 2 fully saturated rings. The Morgan fingerprint density at radius 2 is 2.00 bits per heavy atom. The van der Waals surface area contributed by atoms with Gasteiger partial charge in [0.15, 0.2) is 0 Å². The molecule has 2 aliphatic rings. The molecule has 4 unspecified atom stereocenters. The first-order chi connectivity index (χ1) is 5.40. The van der Waals surface area contributed by atoms with Gasteiger partial charge in [0, 0.05) is 6.04 Å².